The van der Waals surface area contributed by atoms with E-state index in [1.165, 1.54) is 308 Å². The van der Waals surface area contributed by atoms with E-state index in [9.17, 15) is 19.8 Å². The molecule has 0 aromatic rings. The third kappa shape index (κ3) is 61.6. The van der Waals surface area contributed by atoms with Crippen molar-refractivity contribution in [3.05, 3.63) is 24.3 Å². The molecule has 0 saturated heterocycles. The molecule has 1 amide bonds. The number of aliphatic hydroxyl groups is 2. The number of hydrogen-bond donors (Lipinski definition) is 3. The quantitative estimate of drug-likeness (QED) is 0.0320. The fourth-order valence-electron chi connectivity index (χ4n) is 11.0. The Hall–Kier alpha value is -1.66. The van der Waals surface area contributed by atoms with E-state index in [0.29, 0.717) is 25.9 Å². The number of esters is 1. The molecule has 0 aliphatic rings. The number of amides is 1. The number of carbonyl (C=O) groups is 2. The minimum absolute atomic E-state index is 0.0143. The Kier molecular flexibility index (Phi) is 64.4. The van der Waals surface area contributed by atoms with Crippen LogP contribution in [0.15, 0.2) is 24.3 Å². The second-order valence-electron chi connectivity index (χ2n) is 23.9. The van der Waals surface area contributed by atoms with Gasteiger partial charge in [0.2, 0.25) is 5.91 Å². The molecule has 0 saturated carbocycles. The van der Waals surface area contributed by atoms with Gasteiger partial charge < -0.3 is 20.3 Å². The predicted octanol–water partition coefficient (Wildman–Crippen LogP) is 22.1. The molecule has 2 unspecified atom stereocenters. The number of allylic oxidation sites excluding steroid dienone is 4. The molecule has 0 radical (unpaired) electrons. The van der Waals surface area contributed by atoms with Crippen LogP contribution in [-0.4, -0.2) is 47.4 Å². The van der Waals surface area contributed by atoms with Gasteiger partial charge in [-0.1, -0.05) is 340 Å². The highest BCUT2D eigenvalue weighted by atomic mass is 16.5. The van der Waals surface area contributed by atoms with Gasteiger partial charge in [-0.25, -0.2) is 0 Å². The topological polar surface area (TPSA) is 95.9 Å². The fourth-order valence-corrected chi connectivity index (χ4v) is 11.0. The van der Waals surface area contributed by atoms with E-state index in [1.54, 1.807) is 0 Å². The van der Waals surface area contributed by atoms with Crippen molar-refractivity contribution >= 4 is 11.9 Å². The minimum atomic E-state index is -0.662. The summed E-state index contributed by atoms with van der Waals surface area (Å²) in [6.07, 6.45) is 82.3. The van der Waals surface area contributed by atoms with E-state index in [-0.39, 0.29) is 18.5 Å². The van der Waals surface area contributed by atoms with Crippen molar-refractivity contribution in [1.82, 2.24) is 5.32 Å². The van der Waals surface area contributed by atoms with Crippen LogP contribution in [-0.2, 0) is 14.3 Å². The van der Waals surface area contributed by atoms with E-state index < -0.39 is 12.1 Å². The standard InChI is InChI=1S/C70H135NO5/c1-3-5-7-9-11-13-15-16-36-39-43-46-50-54-58-62-68(73)67(66-72)71-69(74)63-59-55-51-47-44-40-37-34-32-30-28-26-24-22-20-18-17-19-21-23-25-27-29-31-33-35-38-41-45-49-53-57-61-65-76-70(75)64-60-56-52-48-42-14-12-10-8-6-4-2/h21,23,27,29,67-68,72-73H,3-20,22,24-26,28,30-66H2,1-2H3,(H,71,74)/b23-21-,29-27-. The van der Waals surface area contributed by atoms with Gasteiger partial charge in [0.1, 0.15) is 0 Å². The maximum Gasteiger partial charge on any atom is 0.305 e. The maximum atomic E-state index is 12.5. The smallest absolute Gasteiger partial charge is 0.305 e. The third-order valence-electron chi connectivity index (χ3n) is 16.3. The van der Waals surface area contributed by atoms with E-state index in [4.69, 9.17) is 4.74 Å². The third-order valence-corrected chi connectivity index (χ3v) is 16.3. The van der Waals surface area contributed by atoms with Gasteiger partial charge in [0.25, 0.3) is 0 Å². The van der Waals surface area contributed by atoms with Crippen LogP contribution in [0.2, 0.25) is 0 Å². The molecule has 6 heteroatoms. The summed E-state index contributed by atoms with van der Waals surface area (Å²) in [5, 5.41) is 23.3. The molecule has 450 valence electrons. The molecule has 2 atom stereocenters. The number of rotatable bonds is 65. The van der Waals surface area contributed by atoms with Crippen molar-refractivity contribution in [1.29, 1.82) is 0 Å². The van der Waals surface area contributed by atoms with Gasteiger partial charge in [-0.15, -0.1) is 0 Å². The Balaban J connectivity index is 3.37. The highest BCUT2D eigenvalue weighted by Crippen LogP contribution is 2.19. The summed E-state index contributed by atoms with van der Waals surface area (Å²) in [5.74, 6) is -0.0159. The number of aliphatic hydroxyl groups excluding tert-OH is 2. The molecule has 0 rings (SSSR count). The lowest BCUT2D eigenvalue weighted by molar-refractivity contribution is -0.143. The molecule has 0 aromatic heterocycles. The van der Waals surface area contributed by atoms with Crippen LogP contribution in [0.25, 0.3) is 0 Å². The van der Waals surface area contributed by atoms with Crippen molar-refractivity contribution in [3.8, 4) is 0 Å². The van der Waals surface area contributed by atoms with Gasteiger partial charge in [-0.05, 0) is 57.8 Å². The van der Waals surface area contributed by atoms with Crippen molar-refractivity contribution in [3.63, 3.8) is 0 Å². The molecule has 0 fully saturated rings. The lowest BCUT2D eigenvalue weighted by Crippen LogP contribution is -2.45. The summed E-state index contributed by atoms with van der Waals surface area (Å²) in [5.41, 5.74) is 0. The van der Waals surface area contributed by atoms with Crippen molar-refractivity contribution in [2.75, 3.05) is 13.2 Å². The SMILES string of the molecule is CCCCCCCCCCCCCCCCCC(O)C(CO)NC(=O)CCCCCCCCCCCCCCCCCCC/C=C\C/C=C\CCCCCCCCCCCOC(=O)CCCCCCCCCCCCC. The van der Waals surface area contributed by atoms with Gasteiger partial charge >= 0.3 is 5.97 Å². The van der Waals surface area contributed by atoms with Gasteiger partial charge in [-0.3, -0.25) is 9.59 Å². The van der Waals surface area contributed by atoms with Gasteiger partial charge in [0, 0.05) is 12.8 Å². The van der Waals surface area contributed by atoms with Crippen LogP contribution in [0.5, 0.6) is 0 Å². The monoisotopic (exact) mass is 1070 g/mol. The van der Waals surface area contributed by atoms with Crippen molar-refractivity contribution in [2.45, 2.75) is 398 Å². The summed E-state index contributed by atoms with van der Waals surface area (Å²) in [6.45, 7) is 4.98. The van der Waals surface area contributed by atoms with E-state index in [2.05, 4.69) is 43.5 Å². The summed E-state index contributed by atoms with van der Waals surface area (Å²) >= 11 is 0. The van der Waals surface area contributed by atoms with E-state index >= 15 is 0 Å². The molecule has 3 N–H and O–H groups in total. The number of carbonyl (C=O) groups excluding carboxylic acids is 2. The summed E-state index contributed by atoms with van der Waals surface area (Å²) < 4.78 is 5.47. The second-order valence-corrected chi connectivity index (χ2v) is 23.9. The van der Waals surface area contributed by atoms with Crippen LogP contribution < -0.4 is 5.32 Å². The molecular formula is C70H135NO5. The number of hydrogen-bond acceptors (Lipinski definition) is 5. The average Bonchev–Trinajstić information content (AvgIpc) is 3.42. The first-order valence-electron chi connectivity index (χ1n) is 34.6. The zero-order valence-corrected chi connectivity index (χ0v) is 51.5. The first kappa shape index (κ1) is 74.3. The van der Waals surface area contributed by atoms with Crippen LogP contribution in [0.4, 0.5) is 0 Å². The molecule has 0 aliphatic heterocycles. The summed E-state index contributed by atoms with van der Waals surface area (Å²) in [4.78, 5) is 24.5. The Morgan fingerprint density at radius 1 is 0.368 bits per heavy atom. The number of ether oxygens (including phenoxy) is 1. The normalized spacial score (nSPS) is 12.6. The van der Waals surface area contributed by atoms with Crippen LogP contribution in [0, 0.1) is 0 Å². The highest BCUT2D eigenvalue weighted by molar-refractivity contribution is 5.76. The predicted molar refractivity (Wildman–Crippen MR) is 333 cm³/mol. The number of nitrogens with one attached hydrogen (secondary N) is 1. The Bertz CT molecular complexity index is 1190. The van der Waals surface area contributed by atoms with Crippen LogP contribution in [0.3, 0.4) is 0 Å². The first-order chi connectivity index (χ1) is 37.5. The van der Waals surface area contributed by atoms with Gasteiger partial charge in [0.15, 0.2) is 0 Å². The van der Waals surface area contributed by atoms with Crippen LogP contribution >= 0.6 is 0 Å². The molecule has 0 aliphatic carbocycles. The lowest BCUT2D eigenvalue weighted by Gasteiger charge is -2.22. The molecule has 0 bridgehead atoms. The lowest BCUT2D eigenvalue weighted by atomic mass is 10.0. The molecule has 76 heavy (non-hydrogen) atoms. The summed E-state index contributed by atoms with van der Waals surface area (Å²) in [6, 6.07) is -0.539. The Morgan fingerprint density at radius 3 is 1.00 bits per heavy atom. The molecule has 0 heterocycles. The zero-order valence-electron chi connectivity index (χ0n) is 51.5. The number of unbranched alkanes of at least 4 members (excludes halogenated alkanes) is 50. The molecular weight excluding hydrogens is 935 g/mol. The van der Waals surface area contributed by atoms with Crippen LogP contribution in [0.1, 0.15) is 386 Å². The molecule has 0 spiro atoms. The molecule has 6 nitrogen and oxygen atoms in total. The van der Waals surface area contributed by atoms with E-state index in [0.717, 1.165) is 44.9 Å². The van der Waals surface area contributed by atoms with Crippen molar-refractivity contribution in [2.24, 2.45) is 0 Å². The Labute approximate surface area is 475 Å². The zero-order chi connectivity index (χ0) is 55.0. The maximum absolute atomic E-state index is 12.5. The highest BCUT2D eigenvalue weighted by Gasteiger charge is 2.20. The van der Waals surface area contributed by atoms with Gasteiger partial charge in [-0.2, -0.15) is 0 Å². The summed E-state index contributed by atoms with van der Waals surface area (Å²) in [7, 11) is 0. The average molecular weight is 1070 g/mol. The van der Waals surface area contributed by atoms with Crippen molar-refractivity contribution < 1.29 is 24.5 Å². The molecule has 0 aromatic carbocycles. The fraction of sp³-hybridized carbons (Fsp3) is 0.914. The van der Waals surface area contributed by atoms with E-state index in [1.807, 2.05) is 0 Å². The van der Waals surface area contributed by atoms with Gasteiger partial charge in [0.05, 0.1) is 25.4 Å². The largest absolute Gasteiger partial charge is 0.466 e. The minimum Gasteiger partial charge on any atom is -0.466 e. The second kappa shape index (κ2) is 65.9. The Morgan fingerprint density at radius 2 is 0.658 bits per heavy atom. The first-order valence-corrected chi connectivity index (χ1v) is 34.6.